The standard InChI is InChI=1S/C23H41N3O4/c1-6-7-8-9-13-16-18(25-22(29)30-23(2,3)4)20(27)26-19(21(28)24-5)17-14-11-10-12-15-17/h6,17-19H,1,7-16H2,2-5H3,(H,24,28)(H,25,29)(H,26,27)/t18-,19-/m0/s1. The number of rotatable bonds is 11. The molecule has 0 radical (unpaired) electrons. The van der Waals surface area contributed by atoms with Crippen molar-refractivity contribution in [3.8, 4) is 0 Å². The molecule has 3 N–H and O–H groups in total. The van der Waals surface area contributed by atoms with Crippen molar-refractivity contribution in [3.05, 3.63) is 12.7 Å². The van der Waals surface area contributed by atoms with Crippen LogP contribution in [-0.2, 0) is 14.3 Å². The largest absolute Gasteiger partial charge is 0.444 e. The molecule has 0 bridgehead atoms. The van der Waals surface area contributed by atoms with Crippen molar-refractivity contribution in [3.63, 3.8) is 0 Å². The summed E-state index contributed by atoms with van der Waals surface area (Å²) in [6.07, 6.45) is 10.5. The van der Waals surface area contributed by atoms with Gasteiger partial charge in [0.2, 0.25) is 11.8 Å². The second-order valence-corrected chi connectivity index (χ2v) is 9.12. The third-order valence-electron chi connectivity index (χ3n) is 5.36. The highest BCUT2D eigenvalue weighted by Crippen LogP contribution is 2.26. The van der Waals surface area contributed by atoms with Crippen molar-refractivity contribution >= 4 is 17.9 Å². The smallest absolute Gasteiger partial charge is 0.408 e. The predicted molar refractivity (Wildman–Crippen MR) is 119 cm³/mol. The number of ether oxygens (including phenoxy) is 1. The van der Waals surface area contributed by atoms with E-state index in [1.807, 2.05) is 6.08 Å². The van der Waals surface area contributed by atoms with Gasteiger partial charge >= 0.3 is 6.09 Å². The van der Waals surface area contributed by atoms with Crippen LogP contribution in [0.2, 0.25) is 0 Å². The van der Waals surface area contributed by atoms with Crippen LogP contribution in [0.5, 0.6) is 0 Å². The van der Waals surface area contributed by atoms with E-state index in [2.05, 4.69) is 22.5 Å². The first-order valence-electron chi connectivity index (χ1n) is 11.3. The van der Waals surface area contributed by atoms with Gasteiger partial charge in [-0.3, -0.25) is 9.59 Å². The molecule has 7 heteroatoms. The first-order chi connectivity index (χ1) is 14.2. The van der Waals surface area contributed by atoms with E-state index in [0.29, 0.717) is 6.42 Å². The molecular weight excluding hydrogens is 382 g/mol. The fourth-order valence-corrected chi connectivity index (χ4v) is 3.81. The maximum Gasteiger partial charge on any atom is 0.408 e. The van der Waals surface area contributed by atoms with E-state index >= 15 is 0 Å². The number of carbonyl (C=O) groups excluding carboxylic acids is 3. The number of hydrogen-bond donors (Lipinski definition) is 3. The SMILES string of the molecule is C=CCCCCC[C@H](NC(=O)OC(C)(C)C)C(=O)N[C@H](C(=O)NC)C1CCCCC1. The van der Waals surface area contributed by atoms with Crippen LogP contribution in [0.4, 0.5) is 4.79 Å². The van der Waals surface area contributed by atoms with Crippen LogP contribution in [0.25, 0.3) is 0 Å². The number of hydrogen-bond acceptors (Lipinski definition) is 4. The average molecular weight is 424 g/mol. The Morgan fingerprint density at radius 1 is 1.03 bits per heavy atom. The highest BCUT2D eigenvalue weighted by molar-refractivity contribution is 5.91. The van der Waals surface area contributed by atoms with E-state index < -0.39 is 23.8 Å². The lowest BCUT2D eigenvalue weighted by Crippen LogP contribution is -2.56. The Kier molecular flexibility index (Phi) is 11.5. The van der Waals surface area contributed by atoms with Crippen LogP contribution in [0.15, 0.2) is 12.7 Å². The Morgan fingerprint density at radius 2 is 1.70 bits per heavy atom. The molecule has 1 fully saturated rings. The maximum atomic E-state index is 13.1. The van der Waals surface area contributed by atoms with Gasteiger partial charge in [0.05, 0.1) is 0 Å². The molecule has 1 aliphatic rings. The number of nitrogens with one attached hydrogen (secondary N) is 3. The van der Waals surface area contributed by atoms with E-state index in [4.69, 9.17) is 4.74 Å². The summed E-state index contributed by atoms with van der Waals surface area (Å²) in [5.41, 5.74) is -0.651. The molecule has 1 aliphatic carbocycles. The molecule has 0 spiro atoms. The van der Waals surface area contributed by atoms with E-state index in [0.717, 1.165) is 51.4 Å². The van der Waals surface area contributed by atoms with Crippen LogP contribution in [-0.4, -0.2) is 42.6 Å². The molecule has 1 saturated carbocycles. The van der Waals surface area contributed by atoms with Gasteiger partial charge in [0.15, 0.2) is 0 Å². The molecule has 0 aromatic carbocycles. The molecule has 0 aromatic heterocycles. The zero-order valence-electron chi connectivity index (χ0n) is 19.2. The van der Waals surface area contributed by atoms with Crippen molar-refractivity contribution in [1.82, 2.24) is 16.0 Å². The van der Waals surface area contributed by atoms with Crippen molar-refractivity contribution in [2.24, 2.45) is 5.92 Å². The van der Waals surface area contributed by atoms with Gasteiger partial charge in [-0.25, -0.2) is 4.79 Å². The number of unbranched alkanes of at least 4 members (excludes halogenated alkanes) is 3. The van der Waals surface area contributed by atoms with Crippen LogP contribution < -0.4 is 16.0 Å². The van der Waals surface area contributed by atoms with Crippen LogP contribution in [0, 0.1) is 5.92 Å². The second kappa shape index (κ2) is 13.3. The lowest BCUT2D eigenvalue weighted by Gasteiger charge is -2.31. The average Bonchev–Trinajstić information content (AvgIpc) is 2.69. The summed E-state index contributed by atoms with van der Waals surface area (Å²) >= 11 is 0. The van der Waals surface area contributed by atoms with Gasteiger partial charge < -0.3 is 20.7 Å². The van der Waals surface area contributed by atoms with Gasteiger partial charge in [0.1, 0.15) is 17.7 Å². The fourth-order valence-electron chi connectivity index (χ4n) is 3.81. The maximum absolute atomic E-state index is 13.1. The molecule has 2 atom stereocenters. The molecule has 0 aliphatic heterocycles. The molecule has 0 unspecified atom stereocenters. The minimum atomic E-state index is -0.737. The van der Waals surface area contributed by atoms with Crippen LogP contribution in [0.1, 0.15) is 85.0 Å². The third-order valence-corrected chi connectivity index (χ3v) is 5.36. The minimum Gasteiger partial charge on any atom is -0.444 e. The molecule has 7 nitrogen and oxygen atoms in total. The lowest BCUT2D eigenvalue weighted by atomic mass is 9.83. The summed E-state index contributed by atoms with van der Waals surface area (Å²) in [6, 6.07) is -1.31. The first-order valence-corrected chi connectivity index (χ1v) is 11.3. The number of amides is 3. The van der Waals surface area contributed by atoms with Crippen molar-refractivity contribution in [2.75, 3.05) is 7.05 Å². The normalized spacial score (nSPS) is 16.8. The van der Waals surface area contributed by atoms with Gasteiger partial charge in [-0.2, -0.15) is 0 Å². The van der Waals surface area contributed by atoms with Crippen LogP contribution in [0.3, 0.4) is 0 Å². The van der Waals surface area contributed by atoms with E-state index in [9.17, 15) is 14.4 Å². The van der Waals surface area contributed by atoms with E-state index in [-0.39, 0.29) is 17.7 Å². The van der Waals surface area contributed by atoms with Crippen molar-refractivity contribution < 1.29 is 19.1 Å². The molecule has 0 aromatic rings. The summed E-state index contributed by atoms with van der Waals surface area (Å²) in [5.74, 6) is -0.390. The van der Waals surface area contributed by atoms with Crippen molar-refractivity contribution in [1.29, 1.82) is 0 Å². The van der Waals surface area contributed by atoms with Gasteiger partial charge in [-0.05, 0) is 58.8 Å². The number of likely N-dealkylation sites (N-methyl/N-ethyl adjacent to an activating group) is 1. The zero-order valence-corrected chi connectivity index (χ0v) is 19.2. The van der Waals surface area contributed by atoms with Gasteiger partial charge in [0.25, 0.3) is 0 Å². The summed E-state index contributed by atoms with van der Waals surface area (Å²) < 4.78 is 5.33. The third kappa shape index (κ3) is 10.1. The minimum absolute atomic E-state index is 0.123. The molecule has 0 heterocycles. The van der Waals surface area contributed by atoms with E-state index in [1.165, 1.54) is 6.42 Å². The van der Waals surface area contributed by atoms with Crippen LogP contribution >= 0.6 is 0 Å². The summed E-state index contributed by atoms with van der Waals surface area (Å²) in [4.78, 5) is 37.8. The van der Waals surface area contributed by atoms with Gasteiger partial charge in [-0.15, -0.1) is 6.58 Å². The summed E-state index contributed by atoms with van der Waals surface area (Å²) in [7, 11) is 1.58. The molecule has 30 heavy (non-hydrogen) atoms. The Balaban J connectivity index is 2.81. The Labute approximate surface area is 181 Å². The Bertz CT molecular complexity index is 565. The summed E-state index contributed by atoms with van der Waals surface area (Å²) in [5, 5.41) is 8.29. The van der Waals surface area contributed by atoms with E-state index in [1.54, 1.807) is 27.8 Å². The number of carbonyl (C=O) groups is 3. The predicted octanol–water partition coefficient (Wildman–Crippen LogP) is 3.83. The molecule has 0 saturated heterocycles. The van der Waals surface area contributed by atoms with Gasteiger partial charge in [0, 0.05) is 7.05 Å². The molecule has 3 amide bonds. The monoisotopic (exact) mass is 423 g/mol. The molecular formula is C23H41N3O4. The van der Waals surface area contributed by atoms with Crippen molar-refractivity contribution in [2.45, 2.75) is 103 Å². The number of alkyl carbamates (subject to hydrolysis) is 1. The highest BCUT2D eigenvalue weighted by Gasteiger charge is 2.33. The van der Waals surface area contributed by atoms with Gasteiger partial charge in [-0.1, -0.05) is 38.2 Å². The zero-order chi connectivity index (χ0) is 22.6. The fraction of sp³-hybridized carbons (Fsp3) is 0.783. The molecule has 1 rings (SSSR count). The second-order valence-electron chi connectivity index (χ2n) is 9.12. The first kappa shape index (κ1) is 26.0. The lowest BCUT2D eigenvalue weighted by molar-refractivity contribution is -0.131. The summed E-state index contributed by atoms with van der Waals surface area (Å²) in [6.45, 7) is 9.06. The quantitative estimate of drug-likeness (QED) is 0.348. The molecule has 172 valence electrons. The Hall–Kier alpha value is -2.05. The highest BCUT2D eigenvalue weighted by atomic mass is 16.6. The Morgan fingerprint density at radius 3 is 2.27 bits per heavy atom. The number of allylic oxidation sites excluding steroid dienone is 1. The topological polar surface area (TPSA) is 96.5 Å².